The molecule has 0 aliphatic carbocycles. The van der Waals surface area contributed by atoms with Crippen LogP contribution in [0.2, 0.25) is 0 Å². The average molecular weight is 394 g/mol. The van der Waals surface area contributed by atoms with Gasteiger partial charge in [0.2, 0.25) is 0 Å². The lowest BCUT2D eigenvalue weighted by Gasteiger charge is -2.37. The summed E-state index contributed by atoms with van der Waals surface area (Å²) in [5.41, 5.74) is 4.34. The van der Waals surface area contributed by atoms with Gasteiger partial charge in [-0.1, -0.05) is 20.3 Å². The van der Waals surface area contributed by atoms with Crippen LogP contribution in [0.3, 0.4) is 0 Å². The number of nitrogens with two attached hydrogens (primary N) is 1. The van der Waals surface area contributed by atoms with Crippen molar-refractivity contribution in [3.63, 3.8) is 0 Å². The third-order valence-electron chi connectivity index (χ3n) is 4.61. The number of hydrogen-bond acceptors (Lipinski definition) is 6. The van der Waals surface area contributed by atoms with Crippen LogP contribution in [0.25, 0.3) is 0 Å². The minimum absolute atomic E-state index is 0.109. The molecular weight excluding hydrogens is 358 g/mol. The van der Waals surface area contributed by atoms with Crippen LogP contribution in [0.4, 0.5) is 4.79 Å². The summed E-state index contributed by atoms with van der Waals surface area (Å²) in [4.78, 5) is 24.7. The predicted molar refractivity (Wildman–Crippen MR) is 109 cm³/mol. The van der Waals surface area contributed by atoms with E-state index in [0.29, 0.717) is 17.9 Å². The molecule has 0 bridgehead atoms. The molecule has 2 N–H and O–H groups in total. The average Bonchev–Trinajstić information content (AvgIpc) is 2.52. The van der Waals surface area contributed by atoms with E-state index >= 15 is 0 Å². The molecular formula is C22H35NO5. The molecule has 6 heteroatoms. The smallest absolute Gasteiger partial charge is 0.428 e. The maximum Gasteiger partial charge on any atom is 0.514 e. The van der Waals surface area contributed by atoms with Gasteiger partial charge in [0, 0.05) is 5.54 Å². The quantitative estimate of drug-likeness (QED) is 0.394. The van der Waals surface area contributed by atoms with E-state index in [1.54, 1.807) is 45.0 Å². The van der Waals surface area contributed by atoms with Crippen LogP contribution in [0, 0.1) is 11.3 Å². The Morgan fingerprint density at radius 1 is 0.964 bits per heavy atom. The Kier molecular flexibility index (Phi) is 7.66. The van der Waals surface area contributed by atoms with Gasteiger partial charge in [-0.25, -0.2) is 4.79 Å². The minimum Gasteiger partial charge on any atom is -0.428 e. The topological polar surface area (TPSA) is 87.9 Å². The summed E-state index contributed by atoms with van der Waals surface area (Å²) in [7, 11) is 0. The lowest BCUT2D eigenvalue weighted by Crippen LogP contribution is -2.46. The molecule has 1 rings (SSSR count). The first-order chi connectivity index (χ1) is 12.7. The van der Waals surface area contributed by atoms with E-state index in [1.165, 1.54) is 0 Å². The Labute approximate surface area is 168 Å². The second kappa shape index (κ2) is 8.95. The SMILES string of the molecule is CCC(C)C(C)(CC(C)(C)N)C(=O)Oc1ccc(OC(=O)OC(C)(C)C)cc1. The van der Waals surface area contributed by atoms with Gasteiger partial charge in [0.25, 0.3) is 0 Å². The maximum atomic E-state index is 12.9. The molecule has 0 aliphatic heterocycles. The van der Waals surface area contributed by atoms with Crippen molar-refractivity contribution < 1.29 is 23.8 Å². The van der Waals surface area contributed by atoms with Crippen molar-refractivity contribution in [1.82, 2.24) is 0 Å². The molecule has 0 saturated carbocycles. The number of carbonyl (C=O) groups is 2. The van der Waals surface area contributed by atoms with Crippen molar-refractivity contribution >= 4 is 12.1 Å². The van der Waals surface area contributed by atoms with E-state index in [2.05, 4.69) is 0 Å². The van der Waals surface area contributed by atoms with Crippen LogP contribution >= 0.6 is 0 Å². The zero-order chi connectivity index (χ0) is 21.8. The second-order valence-electron chi connectivity index (χ2n) is 9.32. The van der Waals surface area contributed by atoms with Gasteiger partial charge in [0.15, 0.2) is 0 Å². The van der Waals surface area contributed by atoms with E-state index in [-0.39, 0.29) is 11.9 Å². The molecule has 0 radical (unpaired) electrons. The van der Waals surface area contributed by atoms with Crippen molar-refractivity contribution in [3.8, 4) is 11.5 Å². The molecule has 28 heavy (non-hydrogen) atoms. The Hall–Kier alpha value is -2.08. The summed E-state index contributed by atoms with van der Waals surface area (Å²) in [6, 6.07) is 6.28. The summed E-state index contributed by atoms with van der Waals surface area (Å²) in [5.74, 6) is 0.478. The van der Waals surface area contributed by atoms with E-state index in [4.69, 9.17) is 19.9 Å². The van der Waals surface area contributed by atoms with E-state index in [1.807, 2.05) is 34.6 Å². The Balaban J connectivity index is 2.86. The maximum absolute atomic E-state index is 12.9. The summed E-state index contributed by atoms with van der Waals surface area (Å²) >= 11 is 0. The Morgan fingerprint density at radius 2 is 1.43 bits per heavy atom. The fraction of sp³-hybridized carbons (Fsp3) is 0.636. The zero-order valence-electron chi connectivity index (χ0n) is 18.4. The standard InChI is InChI=1S/C22H35NO5/c1-9-15(2)22(8,14-21(6,7)23)18(24)26-16-10-12-17(13-11-16)27-19(25)28-20(3,4)5/h10-13,15H,9,14,23H2,1-8H3. The minimum atomic E-state index is -0.785. The normalized spacial score (nSPS) is 15.3. The molecule has 2 atom stereocenters. The lowest BCUT2D eigenvalue weighted by molar-refractivity contribution is -0.149. The molecule has 1 aromatic rings. The van der Waals surface area contributed by atoms with Crippen molar-refractivity contribution in [3.05, 3.63) is 24.3 Å². The number of hydrogen-bond donors (Lipinski definition) is 1. The van der Waals surface area contributed by atoms with E-state index in [0.717, 1.165) is 6.42 Å². The third-order valence-corrected chi connectivity index (χ3v) is 4.61. The van der Waals surface area contributed by atoms with Gasteiger partial charge < -0.3 is 19.9 Å². The first kappa shape index (κ1) is 24.0. The molecule has 0 aliphatic rings. The van der Waals surface area contributed by atoms with Gasteiger partial charge in [-0.15, -0.1) is 0 Å². The van der Waals surface area contributed by atoms with Crippen LogP contribution in [-0.2, 0) is 9.53 Å². The van der Waals surface area contributed by atoms with Crippen molar-refractivity contribution in [2.45, 2.75) is 79.4 Å². The molecule has 0 spiro atoms. The highest BCUT2D eigenvalue weighted by Gasteiger charge is 2.43. The molecule has 0 fully saturated rings. The Morgan fingerprint density at radius 3 is 1.82 bits per heavy atom. The molecule has 6 nitrogen and oxygen atoms in total. The van der Waals surface area contributed by atoms with Crippen molar-refractivity contribution in [2.75, 3.05) is 0 Å². The van der Waals surface area contributed by atoms with Gasteiger partial charge in [0.05, 0.1) is 5.41 Å². The molecule has 0 aromatic heterocycles. The second-order valence-corrected chi connectivity index (χ2v) is 9.32. The highest BCUT2D eigenvalue weighted by Crippen LogP contribution is 2.38. The molecule has 0 amide bonds. The predicted octanol–water partition coefficient (Wildman–Crippen LogP) is 5.09. The number of rotatable bonds is 7. The molecule has 2 unspecified atom stereocenters. The van der Waals surface area contributed by atoms with E-state index < -0.39 is 22.7 Å². The molecule has 0 heterocycles. The van der Waals surface area contributed by atoms with Crippen LogP contribution in [0.1, 0.15) is 68.2 Å². The van der Waals surface area contributed by atoms with E-state index in [9.17, 15) is 9.59 Å². The summed E-state index contributed by atoms with van der Waals surface area (Å²) in [5, 5.41) is 0. The summed E-state index contributed by atoms with van der Waals surface area (Å²) < 4.78 is 15.9. The van der Waals surface area contributed by atoms with Gasteiger partial charge in [-0.05, 0) is 78.1 Å². The van der Waals surface area contributed by atoms with Crippen molar-refractivity contribution in [2.24, 2.45) is 17.1 Å². The van der Waals surface area contributed by atoms with Gasteiger partial charge >= 0.3 is 12.1 Å². The fourth-order valence-electron chi connectivity index (χ4n) is 3.01. The number of benzene rings is 1. The summed E-state index contributed by atoms with van der Waals surface area (Å²) in [6.45, 7) is 15.1. The fourth-order valence-corrected chi connectivity index (χ4v) is 3.01. The number of ether oxygens (including phenoxy) is 3. The summed E-state index contributed by atoms with van der Waals surface area (Å²) in [6.07, 6.45) is 0.560. The molecule has 0 saturated heterocycles. The number of carbonyl (C=O) groups excluding carboxylic acids is 2. The molecule has 1 aromatic carbocycles. The van der Waals surface area contributed by atoms with Crippen LogP contribution in [-0.4, -0.2) is 23.3 Å². The highest BCUT2D eigenvalue weighted by atomic mass is 16.7. The van der Waals surface area contributed by atoms with Crippen LogP contribution in [0.5, 0.6) is 11.5 Å². The van der Waals surface area contributed by atoms with Crippen LogP contribution in [0.15, 0.2) is 24.3 Å². The van der Waals surface area contributed by atoms with Gasteiger partial charge in [0.1, 0.15) is 17.1 Å². The Bertz CT molecular complexity index is 670. The first-order valence-electron chi connectivity index (χ1n) is 9.68. The lowest BCUT2D eigenvalue weighted by atomic mass is 9.69. The van der Waals surface area contributed by atoms with Crippen LogP contribution < -0.4 is 15.2 Å². The zero-order valence-corrected chi connectivity index (χ0v) is 18.4. The van der Waals surface area contributed by atoms with Gasteiger partial charge in [-0.3, -0.25) is 4.79 Å². The third kappa shape index (κ3) is 7.50. The molecule has 158 valence electrons. The van der Waals surface area contributed by atoms with Gasteiger partial charge in [-0.2, -0.15) is 0 Å². The number of esters is 1. The largest absolute Gasteiger partial charge is 0.514 e. The first-order valence-corrected chi connectivity index (χ1v) is 9.68. The van der Waals surface area contributed by atoms with Crippen molar-refractivity contribution in [1.29, 1.82) is 0 Å². The monoisotopic (exact) mass is 393 g/mol. The highest BCUT2D eigenvalue weighted by molar-refractivity contribution is 5.79.